The summed E-state index contributed by atoms with van der Waals surface area (Å²) in [6.45, 7) is 2.67. The molecule has 0 radical (unpaired) electrons. The van der Waals surface area contributed by atoms with Gasteiger partial charge in [0.1, 0.15) is 5.75 Å². The van der Waals surface area contributed by atoms with Crippen LogP contribution in [0.25, 0.3) is 10.4 Å². The van der Waals surface area contributed by atoms with Crippen molar-refractivity contribution in [3.63, 3.8) is 0 Å². The molecular weight excluding hydrogens is 280 g/mol. The summed E-state index contributed by atoms with van der Waals surface area (Å²) >= 11 is 1.64. The van der Waals surface area contributed by atoms with Crippen LogP contribution >= 0.6 is 11.3 Å². The van der Waals surface area contributed by atoms with Gasteiger partial charge in [-0.15, -0.1) is 0 Å². The Bertz CT molecular complexity index is 692. The predicted molar refractivity (Wildman–Crippen MR) is 88.4 cm³/mol. The summed E-state index contributed by atoms with van der Waals surface area (Å²) in [4.78, 5) is 5.56. The van der Waals surface area contributed by atoms with E-state index in [2.05, 4.69) is 22.4 Å². The SMILES string of the molecule is CCOc1ccc(-c2cnc(Nc3ccccc3)s2)cc1. The highest BCUT2D eigenvalue weighted by Crippen LogP contribution is 2.31. The first kappa shape index (κ1) is 13.6. The maximum atomic E-state index is 5.46. The molecule has 3 aromatic rings. The molecule has 106 valence electrons. The van der Waals surface area contributed by atoms with Crippen LogP contribution in [-0.2, 0) is 0 Å². The van der Waals surface area contributed by atoms with Gasteiger partial charge in [0.25, 0.3) is 0 Å². The standard InChI is InChI=1S/C17H16N2OS/c1-2-20-15-10-8-13(9-11-15)16-12-18-17(21-16)19-14-6-4-3-5-7-14/h3-12H,2H2,1H3,(H,18,19). The molecule has 1 aromatic heterocycles. The van der Waals surface area contributed by atoms with Gasteiger partial charge in [-0.2, -0.15) is 0 Å². The summed E-state index contributed by atoms with van der Waals surface area (Å²) in [6.07, 6.45) is 1.89. The molecular formula is C17H16N2OS. The van der Waals surface area contributed by atoms with Gasteiger partial charge in [-0.25, -0.2) is 4.98 Å². The van der Waals surface area contributed by atoms with Gasteiger partial charge in [0.2, 0.25) is 0 Å². The van der Waals surface area contributed by atoms with Crippen LogP contribution in [0.1, 0.15) is 6.92 Å². The van der Waals surface area contributed by atoms with Crippen molar-refractivity contribution in [2.45, 2.75) is 6.92 Å². The lowest BCUT2D eigenvalue weighted by molar-refractivity contribution is 0.340. The van der Waals surface area contributed by atoms with Crippen LogP contribution in [0, 0.1) is 0 Å². The van der Waals surface area contributed by atoms with E-state index >= 15 is 0 Å². The Morgan fingerprint density at radius 3 is 2.52 bits per heavy atom. The van der Waals surface area contributed by atoms with E-state index in [9.17, 15) is 0 Å². The summed E-state index contributed by atoms with van der Waals surface area (Å²) in [5.74, 6) is 0.897. The van der Waals surface area contributed by atoms with Crippen LogP contribution in [0.2, 0.25) is 0 Å². The van der Waals surface area contributed by atoms with E-state index in [0.717, 1.165) is 27.0 Å². The quantitative estimate of drug-likeness (QED) is 0.723. The number of benzene rings is 2. The third-order valence-electron chi connectivity index (χ3n) is 2.98. The highest BCUT2D eigenvalue weighted by Gasteiger charge is 2.05. The average molecular weight is 296 g/mol. The molecule has 3 rings (SSSR count). The Balaban J connectivity index is 1.75. The van der Waals surface area contributed by atoms with E-state index in [-0.39, 0.29) is 0 Å². The molecule has 1 heterocycles. The number of rotatable bonds is 5. The molecule has 0 aliphatic heterocycles. The van der Waals surface area contributed by atoms with Crippen molar-refractivity contribution < 1.29 is 4.74 Å². The summed E-state index contributed by atoms with van der Waals surface area (Å²) in [6, 6.07) is 18.2. The zero-order valence-corrected chi connectivity index (χ0v) is 12.6. The number of thiazole rings is 1. The Hall–Kier alpha value is -2.33. The van der Waals surface area contributed by atoms with E-state index in [1.165, 1.54) is 0 Å². The van der Waals surface area contributed by atoms with Crippen LogP contribution in [0.15, 0.2) is 60.8 Å². The first-order chi connectivity index (χ1) is 10.3. The van der Waals surface area contributed by atoms with Crippen LogP contribution in [-0.4, -0.2) is 11.6 Å². The minimum atomic E-state index is 0.686. The molecule has 21 heavy (non-hydrogen) atoms. The van der Waals surface area contributed by atoms with Crippen LogP contribution < -0.4 is 10.1 Å². The molecule has 0 spiro atoms. The van der Waals surface area contributed by atoms with Crippen molar-refractivity contribution in [1.29, 1.82) is 0 Å². The molecule has 0 saturated carbocycles. The summed E-state index contributed by atoms with van der Waals surface area (Å²) in [5.41, 5.74) is 2.20. The van der Waals surface area contributed by atoms with Gasteiger partial charge >= 0.3 is 0 Å². The lowest BCUT2D eigenvalue weighted by Gasteiger charge is -2.03. The Morgan fingerprint density at radius 2 is 1.81 bits per heavy atom. The Labute approximate surface area is 128 Å². The van der Waals surface area contributed by atoms with Gasteiger partial charge in [-0.3, -0.25) is 0 Å². The third kappa shape index (κ3) is 3.41. The average Bonchev–Trinajstić information content (AvgIpc) is 2.98. The first-order valence-electron chi connectivity index (χ1n) is 6.86. The molecule has 0 saturated heterocycles. The van der Waals surface area contributed by atoms with Crippen LogP contribution in [0.5, 0.6) is 5.75 Å². The number of hydrogen-bond acceptors (Lipinski definition) is 4. The molecule has 0 aliphatic rings. The molecule has 4 heteroatoms. The molecule has 0 unspecified atom stereocenters. The number of anilines is 2. The minimum absolute atomic E-state index is 0.686. The van der Waals surface area contributed by atoms with E-state index < -0.39 is 0 Å². The summed E-state index contributed by atoms with van der Waals surface area (Å²) in [5, 5.41) is 4.20. The zero-order chi connectivity index (χ0) is 14.5. The van der Waals surface area contributed by atoms with E-state index in [1.807, 2.05) is 55.6 Å². The molecule has 0 fully saturated rings. The fourth-order valence-electron chi connectivity index (χ4n) is 1.99. The van der Waals surface area contributed by atoms with Crippen molar-refractivity contribution in [2.75, 3.05) is 11.9 Å². The molecule has 1 N–H and O–H groups in total. The molecule has 0 atom stereocenters. The largest absolute Gasteiger partial charge is 0.494 e. The number of para-hydroxylation sites is 1. The van der Waals surface area contributed by atoms with Crippen molar-refractivity contribution in [2.24, 2.45) is 0 Å². The van der Waals surface area contributed by atoms with E-state index in [1.54, 1.807) is 11.3 Å². The molecule has 0 amide bonds. The predicted octanol–water partition coefficient (Wildman–Crippen LogP) is 4.95. The van der Waals surface area contributed by atoms with Gasteiger partial charge < -0.3 is 10.1 Å². The third-order valence-corrected chi connectivity index (χ3v) is 3.94. The minimum Gasteiger partial charge on any atom is -0.494 e. The molecule has 3 nitrogen and oxygen atoms in total. The van der Waals surface area contributed by atoms with Crippen molar-refractivity contribution in [3.05, 3.63) is 60.8 Å². The highest BCUT2D eigenvalue weighted by molar-refractivity contribution is 7.18. The molecule has 0 aliphatic carbocycles. The number of nitrogens with zero attached hydrogens (tertiary/aromatic N) is 1. The highest BCUT2D eigenvalue weighted by atomic mass is 32.1. The van der Waals surface area contributed by atoms with Crippen LogP contribution in [0.3, 0.4) is 0 Å². The lowest BCUT2D eigenvalue weighted by Crippen LogP contribution is -1.90. The maximum Gasteiger partial charge on any atom is 0.187 e. The molecule has 2 aromatic carbocycles. The smallest absolute Gasteiger partial charge is 0.187 e. The number of nitrogens with one attached hydrogen (secondary N) is 1. The second-order valence-electron chi connectivity index (χ2n) is 4.48. The number of hydrogen-bond donors (Lipinski definition) is 1. The topological polar surface area (TPSA) is 34.1 Å². The van der Waals surface area contributed by atoms with Gasteiger partial charge in [0, 0.05) is 11.9 Å². The van der Waals surface area contributed by atoms with Crippen LogP contribution in [0.4, 0.5) is 10.8 Å². The molecule has 0 bridgehead atoms. The monoisotopic (exact) mass is 296 g/mol. The lowest BCUT2D eigenvalue weighted by atomic mass is 10.2. The van der Waals surface area contributed by atoms with Gasteiger partial charge in [-0.05, 0) is 48.9 Å². The van der Waals surface area contributed by atoms with E-state index in [0.29, 0.717) is 6.61 Å². The Kier molecular flexibility index (Phi) is 4.17. The van der Waals surface area contributed by atoms with Gasteiger partial charge in [-0.1, -0.05) is 29.5 Å². The number of ether oxygens (including phenoxy) is 1. The normalized spacial score (nSPS) is 10.3. The Morgan fingerprint density at radius 1 is 1.05 bits per heavy atom. The van der Waals surface area contributed by atoms with Gasteiger partial charge in [0.15, 0.2) is 5.13 Å². The van der Waals surface area contributed by atoms with Gasteiger partial charge in [0.05, 0.1) is 11.5 Å². The van der Waals surface area contributed by atoms with E-state index in [4.69, 9.17) is 4.74 Å². The maximum absolute atomic E-state index is 5.46. The zero-order valence-electron chi connectivity index (χ0n) is 11.7. The van der Waals surface area contributed by atoms with Crippen molar-refractivity contribution in [3.8, 4) is 16.2 Å². The summed E-state index contributed by atoms with van der Waals surface area (Å²) in [7, 11) is 0. The van der Waals surface area contributed by atoms with Crippen molar-refractivity contribution in [1.82, 2.24) is 4.98 Å². The summed E-state index contributed by atoms with van der Waals surface area (Å²) < 4.78 is 5.46. The first-order valence-corrected chi connectivity index (χ1v) is 7.68. The second kappa shape index (κ2) is 6.41. The van der Waals surface area contributed by atoms with Crippen molar-refractivity contribution >= 4 is 22.2 Å². The second-order valence-corrected chi connectivity index (χ2v) is 5.51. The fourth-order valence-corrected chi connectivity index (χ4v) is 2.83. The number of aromatic nitrogens is 1. The fraction of sp³-hybridized carbons (Fsp3) is 0.118.